The van der Waals surface area contributed by atoms with E-state index in [0.717, 1.165) is 43.2 Å². The highest BCUT2D eigenvalue weighted by Crippen LogP contribution is 2.34. The molecule has 1 amide bonds. The SMILES string of the molecule is NC(=O)c1ccc(Oc2cc(C3CCOCC3)cn3nccc23)c(F)c1. The summed E-state index contributed by atoms with van der Waals surface area (Å²) < 4.78 is 27.3. The highest BCUT2D eigenvalue weighted by Gasteiger charge is 2.19. The quantitative estimate of drug-likeness (QED) is 0.779. The summed E-state index contributed by atoms with van der Waals surface area (Å²) in [5.41, 5.74) is 7.09. The van der Waals surface area contributed by atoms with Gasteiger partial charge in [-0.05, 0) is 54.7 Å². The first-order chi connectivity index (χ1) is 12.6. The molecule has 0 unspecified atom stereocenters. The molecular formula is C19H18FN3O3. The van der Waals surface area contributed by atoms with Gasteiger partial charge in [0.15, 0.2) is 17.3 Å². The van der Waals surface area contributed by atoms with Gasteiger partial charge in [-0.2, -0.15) is 5.10 Å². The number of pyridine rings is 1. The van der Waals surface area contributed by atoms with Gasteiger partial charge in [0.1, 0.15) is 5.52 Å². The predicted octanol–water partition coefficient (Wildman–Crippen LogP) is 3.26. The molecule has 0 spiro atoms. The van der Waals surface area contributed by atoms with Crippen molar-refractivity contribution in [2.24, 2.45) is 5.73 Å². The lowest BCUT2D eigenvalue weighted by atomic mass is 9.93. The molecule has 1 fully saturated rings. The molecule has 0 atom stereocenters. The number of aromatic nitrogens is 2. The van der Waals surface area contributed by atoms with Crippen LogP contribution in [-0.4, -0.2) is 28.7 Å². The van der Waals surface area contributed by atoms with Crippen molar-refractivity contribution in [2.45, 2.75) is 18.8 Å². The second-order valence-corrected chi connectivity index (χ2v) is 6.30. The molecule has 26 heavy (non-hydrogen) atoms. The first-order valence-electron chi connectivity index (χ1n) is 8.44. The monoisotopic (exact) mass is 355 g/mol. The average Bonchev–Trinajstić information content (AvgIpc) is 3.13. The Hall–Kier alpha value is -2.93. The number of hydrogen-bond donors (Lipinski definition) is 1. The van der Waals surface area contributed by atoms with E-state index in [0.29, 0.717) is 11.7 Å². The Morgan fingerprint density at radius 2 is 2.04 bits per heavy atom. The van der Waals surface area contributed by atoms with Crippen LogP contribution < -0.4 is 10.5 Å². The maximum atomic E-state index is 14.3. The van der Waals surface area contributed by atoms with E-state index in [-0.39, 0.29) is 11.3 Å². The van der Waals surface area contributed by atoms with E-state index in [1.54, 1.807) is 16.8 Å². The van der Waals surface area contributed by atoms with Gasteiger partial charge in [-0.15, -0.1) is 0 Å². The number of nitrogens with zero attached hydrogens (tertiary/aromatic N) is 2. The van der Waals surface area contributed by atoms with Crippen LogP contribution in [0.15, 0.2) is 42.7 Å². The molecule has 1 saturated heterocycles. The molecule has 0 radical (unpaired) electrons. The molecule has 1 aliphatic rings. The summed E-state index contributed by atoms with van der Waals surface area (Å²) in [5, 5.41) is 4.29. The number of ether oxygens (including phenoxy) is 2. The summed E-state index contributed by atoms with van der Waals surface area (Å²) in [6.45, 7) is 1.45. The summed E-state index contributed by atoms with van der Waals surface area (Å²) >= 11 is 0. The van der Waals surface area contributed by atoms with Crippen LogP contribution in [-0.2, 0) is 4.74 Å². The summed E-state index contributed by atoms with van der Waals surface area (Å²) in [7, 11) is 0. The first kappa shape index (κ1) is 16.5. The highest BCUT2D eigenvalue weighted by atomic mass is 19.1. The van der Waals surface area contributed by atoms with Gasteiger partial charge in [-0.3, -0.25) is 4.79 Å². The minimum atomic E-state index is -0.685. The van der Waals surface area contributed by atoms with E-state index in [9.17, 15) is 9.18 Å². The van der Waals surface area contributed by atoms with Crippen LogP contribution in [0.3, 0.4) is 0 Å². The number of rotatable bonds is 4. The van der Waals surface area contributed by atoms with E-state index in [4.69, 9.17) is 15.2 Å². The first-order valence-corrected chi connectivity index (χ1v) is 8.44. The fourth-order valence-corrected chi connectivity index (χ4v) is 3.21. The maximum absolute atomic E-state index is 14.3. The van der Waals surface area contributed by atoms with E-state index >= 15 is 0 Å². The molecule has 2 N–H and O–H groups in total. The summed E-state index contributed by atoms with van der Waals surface area (Å²) in [6.07, 6.45) is 5.50. The topological polar surface area (TPSA) is 78.9 Å². The Morgan fingerprint density at radius 1 is 1.23 bits per heavy atom. The van der Waals surface area contributed by atoms with Gasteiger partial charge < -0.3 is 15.2 Å². The molecule has 6 nitrogen and oxygen atoms in total. The van der Waals surface area contributed by atoms with Gasteiger partial charge in [0.2, 0.25) is 5.91 Å². The molecule has 134 valence electrons. The number of carbonyl (C=O) groups excluding carboxylic acids is 1. The van der Waals surface area contributed by atoms with E-state index in [1.807, 2.05) is 12.3 Å². The second kappa shape index (κ2) is 6.76. The number of hydrogen-bond acceptors (Lipinski definition) is 4. The van der Waals surface area contributed by atoms with Gasteiger partial charge >= 0.3 is 0 Å². The molecule has 1 aromatic carbocycles. The number of amides is 1. The van der Waals surface area contributed by atoms with Gasteiger partial charge in [-0.25, -0.2) is 8.91 Å². The third-order valence-corrected chi connectivity index (χ3v) is 4.62. The number of fused-ring (bicyclic) bond motifs is 1. The molecule has 1 aliphatic heterocycles. The fraction of sp³-hybridized carbons (Fsp3) is 0.263. The van der Waals surface area contributed by atoms with Crippen LogP contribution >= 0.6 is 0 Å². The molecule has 2 aromatic heterocycles. The largest absolute Gasteiger partial charge is 0.452 e. The molecule has 3 aromatic rings. The number of nitrogens with two attached hydrogens (primary N) is 1. The number of halogens is 1. The van der Waals surface area contributed by atoms with Crippen molar-refractivity contribution in [1.82, 2.24) is 9.61 Å². The Kier molecular flexibility index (Phi) is 4.30. The average molecular weight is 355 g/mol. The molecule has 0 aliphatic carbocycles. The molecule has 0 saturated carbocycles. The van der Waals surface area contributed by atoms with Crippen molar-refractivity contribution in [3.8, 4) is 11.5 Å². The van der Waals surface area contributed by atoms with Crippen LogP contribution in [0.5, 0.6) is 11.5 Å². The number of carbonyl (C=O) groups is 1. The third-order valence-electron chi connectivity index (χ3n) is 4.62. The van der Waals surface area contributed by atoms with Crippen molar-refractivity contribution in [3.63, 3.8) is 0 Å². The van der Waals surface area contributed by atoms with Crippen LogP contribution in [0.2, 0.25) is 0 Å². The van der Waals surface area contributed by atoms with Crippen LogP contribution in [0.4, 0.5) is 4.39 Å². The summed E-state index contributed by atoms with van der Waals surface area (Å²) in [6, 6.07) is 7.65. The highest BCUT2D eigenvalue weighted by molar-refractivity contribution is 5.92. The van der Waals surface area contributed by atoms with Gasteiger partial charge in [0, 0.05) is 25.0 Å². The zero-order valence-electron chi connectivity index (χ0n) is 14.0. The van der Waals surface area contributed by atoms with Crippen LogP contribution in [0.1, 0.15) is 34.7 Å². The van der Waals surface area contributed by atoms with Crippen LogP contribution in [0, 0.1) is 5.82 Å². The third kappa shape index (κ3) is 3.13. The zero-order valence-corrected chi connectivity index (χ0v) is 14.0. The zero-order chi connectivity index (χ0) is 18.1. The summed E-state index contributed by atoms with van der Waals surface area (Å²) in [4.78, 5) is 11.2. The normalized spacial score (nSPS) is 15.3. The Bertz CT molecular complexity index is 964. The van der Waals surface area contributed by atoms with Crippen molar-refractivity contribution < 1.29 is 18.7 Å². The molecule has 3 heterocycles. The van der Waals surface area contributed by atoms with Crippen molar-refractivity contribution >= 4 is 11.4 Å². The van der Waals surface area contributed by atoms with E-state index in [2.05, 4.69) is 5.10 Å². The molecule has 0 bridgehead atoms. The Labute approximate surface area is 149 Å². The van der Waals surface area contributed by atoms with Crippen molar-refractivity contribution in [2.75, 3.05) is 13.2 Å². The minimum Gasteiger partial charge on any atom is -0.452 e. The fourth-order valence-electron chi connectivity index (χ4n) is 3.21. The van der Waals surface area contributed by atoms with Crippen molar-refractivity contribution in [3.05, 3.63) is 59.7 Å². The Morgan fingerprint density at radius 3 is 2.77 bits per heavy atom. The molecule has 7 heteroatoms. The standard InChI is InChI=1S/C19H18FN3O3/c20-15-9-13(19(21)24)1-2-17(15)26-18-10-14(12-4-7-25-8-5-12)11-23-16(18)3-6-22-23/h1-3,6,9-12H,4-5,7-8H2,(H2,21,24). The number of primary amides is 1. The lowest BCUT2D eigenvalue weighted by Crippen LogP contribution is -2.14. The van der Waals surface area contributed by atoms with Gasteiger partial charge in [0.25, 0.3) is 0 Å². The molecular weight excluding hydrogens is 337 g/mol. The van der Waals surface area contributed by atoms with Crippen molar-refractivity contribution in [1.29, 1.82) is 0 Å². The second-order valence-electron chi connectivity index (χ2n) is 6.30. The lowest BCUT2D eigenvalue weighted by Gasteiger charge is -2.23. The predicted molar refractivity (Wildman–Crippen MR) is 93.0 cm³/mol. The maximum Gasteiger partial charge on any atom is 0.248 e. The summed E-state index contributed by atoms with van der Waals surface area (Å²) in [5.74, 6) is -0.438. The van der Waals surface area contributed by atoms with Gasteiger partial charge in [0.05, 0.1) is 6.20 Å². The number of benzene rings is 1. The van der Waals surface area contributed by atoms with E-state index in [1.165, 1.54) is 12.1 Å². The smallest absolute Gasteiger partial charge is 0.248 e. The van der Waals surface area contributed by atoms with Crippen LogP contribution in [0.25, 0.3) is 5.52 Å². The molecule has 4 rings (SSSR count). The van der Waals surface area contributed by atoms with Gasteiger partial charge in [-0.1, -0.05) is 0 Å². The Balaban J connectivity index is 1.71. The lowest BCUT2D eigenvalue weighted by molar-refractivity contribution is 0.0852. The van der Waals surface area contributed by atoms with E-state index < -0.39 is 11.7 Å². The minimum absolute atomic E-state index is 0.0298.